The summed E-state index contributed by atoms with van der Waals surface area (Å²) in [6.45, 7) is 2.58. The normalized spacial score (nSPS) is 16.3. The molecule has 5 rings (SSSR count). The van der Waals surface area contributed by atoms with E-state index in [9.17, 15) is 14.4 Å². The average molecular weight is 535 g/mol. The highest BCUT2D eigenvalue weighted by Gasteiger charge is 2.47. The monoisotopic (exact) mass is 534 g/mol. The summed E-state index contributed by atoms with van der Waals surface area (Å²) in [6.07, 6.45) is 0.906. The Morgan fingerprint density at radius 3 is 2.35 bits per heavy atom. The molecule has 3 amide bonds. The minimum atomic E-state index is -0.874. The van der Waals surface area contributed by atoms with Crippen molar-refractivity contribution in [3.8, 4) is 0 Å². The number of aromatic nitrogens is 1. The van der Waals surface area contributed by atoms with Gasteiger partial charge in [0.2, 0.25) is 5.91 Å². The molecular formula is C32H30N4O4. The quantitative estimate of drug-likeness (QED) is 0.313. The van der Waals surface area contributed by atoms with Gasteiger partial charge in [0.25, 0.3) is 5.91 Å². The molecule has 1 aliphatic heterocycles. The standard InChI is InChI=1S/C32H30N4O4/c1-22-9-5-6-12-25(22)21-36-28(31(38)34-20-18-26-13-7-8-19-33-26)29(40-32(36)39)23-14-16-27(17-15-23)35-30(37)24-10-3-2-4-11-24/h2-17,19,28-29H,18,20-21H2,1H3,(H,34,38)(H,35,37)/t28-,29-/m1/s1. The smallest absolute Gasteiger partial charge is 0.411 e. The molecule has 1 aromatic heterocycles. The lowest BCUT2D eigenvalue weighted by atomic mass is 9.99. The van der Waals surface area contributed by atoms with Crippen molar-refractivity contribution < 1.29 is 19.1 Å². The van der Waals surface area contributed by atoms with Crippen LogP contribution in [-0.4, -0.2) is 40.4 Å². The van der Waals surface area contributed by atoms with Crippen molar-refractivity contribution in [1.82, 2.24) is 15.2 Å². The van der Waals surface area contributed by atoms with E-state index in [0.29, 0.717) is 29.8 Å². The number of rotatable bonds is 9. The Balaban J connectivity index is 1.35. The topological polar surface area (TPSA) is 101 Å². The van der Waals surface area contributed by atoms with Gasteiger partial charge in [0.15, 0.2) is 12.1 Å². The van der Waals surface area contributed by atoms with Crippen molar-refractivity contribution in [3.63, 3.8) is 0 Å². The molecule has 1 aliphatic rings. The van der Waals surface area contributed by atoms with Crippen LogP contribution < -0.4 is 10.6 Å². The molecule has 3 aromatic carbocycles. The molecule has 2 N–H and O–H groups in total. The van der Waals surface area contributed by atoms with Gasteiger partial charge in [-0.3, -0.25) is 19.5 Å². The van der Waals surface area contributed by atoms with E-state index in [-0.39, 0.29) is 18.4 Å². The number of nitrogens with zero attached hydrogens (tertiary/aromatic N) is 2. The number of pyridine rings is 1. The number of aryl methyl sites for hydroxylation is 1. The number of carbonyl (C=O) groups excluding carboxylic acids is 3. The molecule has 8 nitrogen and oxygen atoms in total. The van der Waals surface area contributed by atoms with Crippen LogP contribution in [-0.2, 0) is 22.5 Å². The Morgan fingerprint density at radius 2 is 1.62 bits per heavy atom. The molecule has 8 heteroatoms. The van der Waals surface area contributed by atoms with Crippen molar-refractivity contribution in [3.05, 3.63) is 131 Å². The second-order valence-electron chi connectivity index (χ2n) is 9.61. The predicted octanol–water partition coefficient (Wildman–Crippen LogP) is 5.06. The van der Waals surface area contributed by atoms with Gasteiger partial charge >= 0.3 is 6.09 Å². The summed E-state index contributed by atoms with van der Waals surface area (Å²) in [4.78, 5) is 45.0. The fraction of sp³-hybridized carbons (Fsp3) is 0.188. The minimum Gasteiger partial charge on any atom is -0.438 e. The SMILES string of the molecule is Cc1ccccc1CN1C(=O)O[C@H](c2ccc(NC(=O)c3ccccc3)cc2)[C@@H]1C(=O)NCCc1ccccn1. The fourth-order valence-corrected chi connectivity index (χ4v) is 4.69. The number of anilines is 1. The number of hydrogen-bond acceptors (Lipinski definition) is 5. The summed E-state index contributed by atoms with van der Waals surface area (Å²) < 4.78 is 5.79. The summed E-state index contributed by atoms with van der Waals surface area (Å²) in [5.74, 6) is -0.531. The van der Waals surface area contributed by atoms with Gasteiger partial charge in [-0.1, -0.05) is 60.7 Å². The van der Waals surface area contributed by atoms with Crippen LogP contribution >= 0.6 is 0 Å². The van der Waals surface area contributed by atoms with Gasteiger partial charge in [0.05, 0.1) is 6.54 Å². The maximum Gasteiger partial charge on any atom is 0.411 e. The lowest BCUT2D eigenvalue weighted by Crippen LogP contribution is -2.46. The summed E-state index contributed by atoms with van der Waals surface area (Å²) in [5.41, 5.74) is 4.61. The summed E-state index contributed by atoms with van der Waals surface area (Å²) in [6, 6.07) is 28.5. The molecule has 2 heterocycles. The molecule has 1 saturated heterocycles. The van der Waals surface area contributed by atoms with Gasteiger partial charge in [-0.05, 0) is 60.0 Å². The van der Waals surface area contributed by atoms with E-state index in [1.165, 1.54) is 4.90 Å². The molecule has 202 valence electrons. The molecule has 0 bridgehead atoms. The summed E-state index contributed by atoms with van der Waals surface area (Å²) in [5, 5.41) is 5.84. The number of nitrogens with one attached hydrogen (secondary N) is 2. The summed E-state index contributed by atoms with van der Waals surface area (Å²) >= 11 is 0. The molecule has 0 saturated carbocycles. The van der Waals surface area contributed by atoms with E-state index < -0.39 is 18.2 Å². The van der Waals surface area contributed by atoms with Crippen molar-refractivity contribution in [2.24, 2.45) is 0 Å². The Labute approximate surface area is 233 Å². The molecular weight excluding hydrogens is 504 g/mol. The van der Waals surface area contributed by atoms with Crippen molar-refractivity contribution in [2.75, 3.05) is 11.9 Å². The maximum absolute atomic E-state index is 13.6. The van der Waals surface area contributed by atoms with E-state index in [2.05, 4.69) is 15.6 Å². The zero-order valence-corrected chi connectivity index (χ0v) is 22.1. The zero-order valence-electron chi connectivity index (χ0n) is 22.1. The van der Waals surface area contributed by atoms with E-state index in [1.807, 2.05) is 55.5 Å². The second kappa shape index (κ2) is 12.3. The van der Waals surface area contributed by atoms with Crippen LogP contribution in [0, 0.1) is 6.92 Å². The number of ether oxygens (including phenoxy) is 1. The zero-order chi connectivity index (χ0) is 27.9. The lowest BCUT2D eigenvalue weighted by Gasteiger charge is -2.25. The molecule has 0 aliphatic carbocycles. The predicted molar refractivity (Wildman–Crippen MR) is 152 cm³/mol. The first-order valence-electron chi connectivity index (χ1n) is 13.2. The molecule has 1 fully saturated rings. The minimum absolute atomic E-state index is 0.227. The molecule has 0 unspecified atom stereocenters. The molecule has 40 heavy (non-hydrogen) atoms. The molecule has 0 spiro atoms. The van der Waals surface area contributed by atoms with Crippen LogP contribution in [0.1, 0.15) is 38.8 Å². The Morgan fingerprint density at radius 1 is 0.900 bits per heavy atom. The third-order valence-electron chi connectivity index (χ3n) is 6.89. The highest BCUT2D eigenvalue weighted by atomic mass is 16.6. The van der Waals surface area contributed by atoms with E-state index in [0.717, 1.165) is 16.8 Å². The van der Waals surface area contributed by atoms with Gasteiger partial charge in [0.1, 0.15) is 0 Å². The average Bonchev–Trinajstić information content (AvgIpc) is 3.31. The van der Waals surface area contributed by atoms with Crippen LogP contribution in [0.15, 0.2) is 103 Å². The van der Waals surface area contributed by atoms with Gasteiger partial charge in [0, 0.05) is 36.1 Å². The van der Waals surface area contributed by atoms with Gasteiger partial charge in [-0.25, -0.2) is 4.79 Å². The van der Waals surface area contributed by atoms with Crippen LogP contribution in [0.5, 0.6) is 0 Å². The highest BCUT2D eigenvalue weighted by Crippen LogP contribution is 2.35. The number of cyclic esters (lactones) is 1. The Kier molecular flexibility index (Phi) is 8.15. The maximum atomic E-state index is 13.6. The van der Waals surface area contributed by atoms with E-state index >= 15 is 0 Å². The lowest BCUT2D eigenvalue weighted by molar-refractivity contribution is -0.126. The first-order valence-corrected chi connectivity index (χ1v) is 13.2. The largest absolute Gasteiger partial charge is 0.438 e. The van der Waals surface area contributed by atoms with Crippen LogP contribution in [0.2, 0.25) is 0 Å². The van der Waals surface area contributed by atoms with Gasteiger partial charge in [-0.2, -0.15) is 0 Å². The molecule has 2 atom stereocenters. The number of hydrogen-bond donors (Lipinski definition) is 2. The van der Waals surface area contributed by atoms with E-state index in [1.54, 1.807) is 54.7 Å². The van der Waals surface area contributed by atoms with Crippen LogP contribution in [0.4, 0.5) is 10.5 Å². The van der Waals surface area contributed by atoms with Crippen molar-refractivity contribution in [1.29, 1.82) is 0 Å². The number of amides is 3. The third-order valence-corrected chi connectivity index (χ3v) is 6.89. The fourth-order valence-electron chi connectivity index (χ4n) is 4.69. The third kappa shape index (κ3) is 6.18. The first-order chi connectivity index (χ1) is 19.5. The number of benzene rings is 3. The molecule has 4 aromatic rings. The van der Waals surface area contributed by atoms with Crippen molar-refractivity contribution >= 4 is 23.6 Å². The molecule has 0 radical (unpaired) electrons. The highest BCUT2D eigenvalue weighted by molar-refractivity contribution is 6.04. The van der Waals surface area contributed by atoms with Crippen LogP contribution in [0.3, 0.4) is 0 Å². The second-order valence-corrected chi connectivity index (χ2v) is 9.61. The van der Waals surface area contributed by atoms with Gasteiger partial charge < -0.3 is 15.4 Å². The number of carbonyl (C=O) groups is 3. The van der Waals surface area contributed by atoms with Crippen LogP contribution in [0.25, 0.3) is 0 Å². The Bertz CT molecular complexity index is 1480. The first kappa shape index (κ1) is 26.6. The van der Waals surface area contributed by atoms with E-state index in [4.69, 9.17) is 4.74 Å². The van der Waals surface area contributed by atoms with Gasteiger partial charge in [-0.15, -0.1) is 0 Å². The summed E-state index contributed by atoms with van der Waals surface area (Å²) in [7, 11) is 0. The Hall–Kier alpha value is -4.98. The van der Waals surface area contributed by atoms with Crippen molar-refractivity contribution in [2.45, 2.75) is 32.0 Å².